The van der Waals surface area contributed by atoms with Gasteiger partial charge in [-0.2, -0.15) is 0 Å². The topological polar surface area (TPSA) is 90.0 Å². The van der Waals surface area contributed by atoms with Crippen molar-refractivity contribution in [2.75, 3.05) is 46.4 Å². The largest absolute Gasteiger partial charge is 0.378 e. The molecular formula is C21H29NO6. The Kier molecular flexibility index (Phi) is 9.15. The second kappa shape index (κ2) is 10.8. The Morgan fingerprint density at radius 3 is 1.50 bits per heavy atom. The van der Waals surface area contributed by atoms with E-state index < -0.39 is 40.9 Å². The highest BCUT2D eigenvalue weighted by molar-refractivity contribution is 6.08. The molecule has 0 aliphatic rings. The van der Waals surface area contributed by atoms with E-state index in [1.807, 2.05) is 31.1 Å². The van der Waals surface area contributed by atoms with Gasteiger partial charge in [-0.05, 0) is 31.5 Å². The summed E-state index contributed by atoms with van der Waals surface area (Å²) in [7, 11) is 6.48. The number of Topliss-reactive ketones (excluding diaryl/α,β-unsaturated/α-hetero) is 4. The Hall–Kier alpha value is -2.38. The van der Waals surface area contributed by atoms with E-state index in [4.69, 9.17) is 9.47 Å². The number of methoxy groups -OCH3 is 2. The number of ether oxygens (including phenoxy) is 2. The van der Waals surface area contributed by atoms with Crippen molar-refractivity contribution in [2.24, 2.45) is 11.8 Å². The molecule has 0 fully saturated rings. The molecule has 28 heavy (non-hydrogen) atoms. The minimum Gasteiger partial charge on any atom is -0.378 e. The van der Waals surface area contributed by atoms with Crippen LogP contribution in [0.2, 0.25) is 0 Å². The van der Waals surface area contributed by atoms with E-state index in [1.54, 1.807) is 12.1 Å². The molecule has 7 heteroatoms. The van der Waals surface area contributed by atoms with E-state index in [2.05, 4.69) is 0 Å². The average Bonchev–Trinajstić information content (AvgIpc) is 2.61. The van der Waals surface area contributed by atoms with Crippen LogP contribution in [-0.4, -0.2) is 64.7 Å². The normalized spacial score (nSPS) is 14.1. The van der Waals surface area contributed by atoms with Gasteiger partial charge < -0.3 is 14.4 Å². The molecule has 0 heterocycles. The Morgan fingerprint density at radius 1 is 0.821 bits per heavy atom. The standard InChI is InChI=1S/C21H29NO6/c1-13(23)19(17(25)11-27-5)21(20(14(2)24)18(26)12-28-6)15-7-9-16(10-8-15)22(3)4/h7-10,19-21H,11-12H2,1-6H3/t19-,20+,21?. The van der Waals surface area contributed by atoms with Gasteiger partial charge in [0.1, 0.15) is 24.8 Å². The minimum atomic E-state index is -1.17. The molecule has 0 radical (unpaired) electrons. The van der Waals surface area contributed by atoms with Gasteiger partial charge >= 0.3 is 0 Å². The second-order valence-corrected chi connectivity index (χ2v) is 6.99. The highest BCUT2D eigenvalue weighted by Crippen LogP contribution is 2.36. The average molecular weight is 391 g/mol. The molecule has 1 unspecified atom stereocenters. The third kappa shape index (κ3) is 5.81. The van der Waals surface area contributed by atoms with E-state index in [0.717, 1.165) is 5.69 Å². The van der Waals surface area contributed by atoms with Gasteiger partial charge in [-0.1, -0.05) is 12.1 Å². The highest BCUT2D eigenvalue weighted by Gasteiger charge is 2.43. The molecule has 0 aromatic heterocycles. The lowest BCUT2D eigenvalue weighted by Gasteiger charge is -2.30. The van der Waals surface area contributed by atoms with Crippen molar-refractivity contribution in [3.8, 4) is 0 Å². The van der Waals surface area contributed by atoms with Crippen LogP contribution in [0.4, 0.5) is 5.69 Å². The van der Waals surface area contributed by atoms with E-state index in [0.29, 0.717) is 5.56 Å². The number of hydrogen-bond acceptors (Lipinski definition) is 7. The third-order valence-corrected chi connectivity index (χ3v) is 4.66. The molecule has 0 bridgehead atoms. The van der Waals surface area contributed by atoms with Gasteiger partial charge in [0.15, 0.2) is 11.6 Å². The van der Waals surface area contributed by atoms with Crippen LogP contribution in [-0.2, 0) is 28.7 Å². The minimum absolute atomic E-state index is 0.278. The maximum Gasteiger partial charge on any atom is 0.169 e. The highest BCUT2D eigenvalue weighted by atomic mass is 16.5. The molecule has 0 aliphatic heterocycles. The molecule has 1 rings (SSSR count). The van der Waals surface area contributed by atoms with Crippen molar-refractivity contribution in [1.82, 2.24) is 0 Å². The zero-order valence-corrected chi connectivity index (χ0v) is 17.4. The van der Waals surface area contributed by atoms with Gasteiger partial charge in [0, 0.05) is 39.9 Å². The molecule has 3 atom stereocenters. The van der Waals surface area contributed by atoms with Crippen LogP contribution in [0.15, 0.2) is 24.3 Å². The van der Waals surface area contributed by atoms with E-state index >= 15 is 0 Å². The van der Waals surface area contributed by atoms with Gasteiger partial charge in [0.25, 0.3) is 0 Å². The number of hydrogen-bond donors (Lipinski definition) is 0. The molecule has 154 valence electrons. The van der Waals surface area contributed by atoms with Crippen molar-refractivity contribution in [3.63, 3.8) is 0 Å². The van der Waals surface area contributed by atoms with Gasteiger partial charge in [0.05, 0.1) is 11.8 Å². The third-order valence-electron chi connectivity index (χ3n) is 4.66. The summed E-state index contributed by atoms with van der Waals surface area (Å²) in [5.74, 6) is -5.02. The molecule has 1 aromatic carbocycles. The van der Waals surface area contributed by atoms with E-state index in [-0.39, 0.29) is 13.2 Å². The number of ketones is 4. The number of carbonyl (C=O) groups excluding carboxylic acids is 4. The first-order valence-corrected chi connectivity index (χ1v) is 8.97. The summed E-state index contributed by atoms with van der Waals surface area (Å²) < 4.78 is 9.83. The van der Waals surface area contributed by atoms with Crippen LogP contribution >= 0.6 is 0 Å². The van der Waals surface area contributed by atoms with Crippen LogP contribution in [0.3, 0.4) is 0 Å². The Bertz CT molecular complexity index is 674. The second-order valence-electron chi connectivity index (χ2n) is 6.99. The fourth-order valence-corrected chi connectivity index (χ4v) is 3.40. The van der Waals surface area contributed by atoms with Crippen molar-refractivity contribution >= 4 is 28.8 Å². The monoisotopic (exact) mass is 391 g/mol. The molecule has 0 spiro atoms. The maximum absolute atomic E-state index is 12.7. The zero-order chi connectivity index (χ0) is 21.4. The van der Waals surface area contributed by atoms with Crippen LogP contribution in [0.25, 0.3) is 0 Å². The number of carbonyl (C=O) groups is 4. The fourth-order valence-electron chi connectivity index (χ4n) is 3.40. The smallest absolute Gasteiger partial charge is 0.169 e. The number of benzene rings is 1. The number of anilines is 1. The Balaban J connectivity index is 3.58. The van der Waals surface area contributed by atoms with Crippen molar-refractivity contribution in [1.29, 1.82) is 0 Å². The summed E-state index contributed by atoms with van der Waals surface area (Å²) in [4.78, 5) is 52.1. The van der Waals surface area contributed by atoms with Gasteiger partial charge in [-0.25, -0.2) is 0 Å². The van der Waals surface area contributed by atoms with E-state index in [1.165, 1.54) is 28.1 Å². The van der Waals surface area contributed by atoms with Gasteiger partial charge in [-0.15, -0.1) is 0 Å². The summed E-state index contributed by atoms with van der Waals surface area (Å²) >= 11 is 0. The number of rotatable bonds is 12. The fraction of sp³-hybridized carbons (Fsp3) is 0.524. The van der Waals surface area contributed by atoms with Crippen molar-refractivity contribution in [3.05, 3.63) is 29.8 Å². The number of nitrogens with zero attached hydrogens (tertiary/aromatic N) is 1. The van der Waals surface area contributed by atoms with E-state index in [9.17, 15) is 19.2 Å². The van der Waals surface area contributed by atoms with Crippen LogP contribution in [0, 0.1) is 11.8 Å². The van der Waals surface area contributed by atoms with Gasteiger partial charge in [0.2, 0.25) is 0 Å². The van der Waals surface area contributed by atoms with Gasteiger partial charge in [-0.3, -0.25) is 19.2 Å². The summed E-state index contributed by atoms with van der Waals surface area (Å²) in [5, 5.41) is 0. The van der Waals surface area contributed by atoms with Crippen molar-refractivity contribution in [2.45, 2.75) is 19.8 Å². The lowest BCUT2D eigenvalue weighted by molar-refractivity contribution is -0.139. The SMILES string of the molecule is COCC(=O)[C@@H](C(C)=O)C(c1ccc(N(C)C)cc1)[C@@H](C(C)=O)C(=O)COC. The predicted octanol–water partition coefficient (Wildman–Crippen LogP) is 1.68. The predicted molar refractivity (Wildman–Crippen MR) is 106 cm³/mol. The summed E-state index contributed by atoms with van der Waals surface area (Å²) in [6.45, 7) is 2.02. The summed E-state index contributed by atoms with van der Waals surface area (Å²) in [5.41, 5.74) is 1.48. The zero-order valence-electron chi connectivity index (χ0n) is 17.4. The maximum atomic E-state index is 12.7. The Morgan fingerprint density at radius 2 is 1.21 bits per heavy atom. The molecular weight excluding hydrogens is 362 g/mol. The first-order valence-electron chi connectivity index (χ1n) is 8.97. The molecule has 0 N–H and O–H groups in total. The molecule has 7 nitrogen and oxygen atoms in total. The molecule has 1 aromatic rings. The lowest BCUT2D eigenvalue weighted by atomic mass is 9.70. The van der Waals surface area contributed by atoms with Crippen molar-refractivity contribution < 1.29 is 28.7 Å². The Labute approximate surface area is 166 Å². The molecule has 0 saturated heterocycles. The first kappa shape index (κ1) is 23.7. The lowest BCUT2D eigenvalue weighted by Crippen LogP contribution is -2.41. The summed E-state index contributed by atoms with van der Waals surface area (Å²) in [6, 6.07) is 7.12. The van der Waals surface area contributed by atoms with Crippen LogP contribution < -0.4 is 4.90 Å². The first-order chi connectivity index (χ1) is 13.1. The molecule has 0 saturated carbocycles. The van der Waals surface area contributed by atoms with Crippen LogP contribution in [0.5, 0.6) is 0 Å². The quantitative estimate of drug-likeness (QED) is 0.501. The molecule has 0 amide bonds. The van der Waals surface area contributed by atoms with Crippen LogP contribution in [0.1, 0.15) is 25.3 Å². The molecule has 0 aliphatic carbocycles. The summed E-state index contributed by atoms with van der Waals surface area (Å²) in [6.07, 6.45) is 0.